The molecule has 1 heterocycles. The number of hydrogen-bond donors (Lipinski definition) is 2. The van der Waals surface area contributed by atoms with Gasteiger partial charge in [-0.2, -0.15) is 0 Å². The number of aryl methyl sites for hydroxylation is 1. The Kier molecular flexibility index (Phi) is 4.37. The van der Waals surface area contributed by atoms with Crippen LogP contribution in [0.1, 0.15) is 30.5 Å². The minimum Gasteiger partial charge on any atom is -0.361 e. The predicted molar refractivity (Wildman–Crippen MR) is 99.4 cm³/mol. The van der Waals surface area contributed by atoms with Crippen molar-refractivity contribution in [2.24, 2.45) is 0 Å². The molecular formula is C20H21ClN2O. The van der Waals surface area contributed by atoms with Crippen LogP contribution in [0.2, 0.25) is 5.02 Å². The third-order valence-electron chi connectivity index (χ3n) is 4.46. The molecule has 0 radical (unpaired) electrons. The highest BCUT2D eigenvalue weighted by molar-refractivity contribution is 6.31. The Bertz CT molecular complexity index is 878. The summed E-state index contributed by atoms with van der Waals surface area (Å²) in [5.74, 6) is -0.0102. The van der Waals surface area contributed by atoms with E-state index in [1.807, 2.05) is 69.4 Å². The molecule has 0 aliphatic rings. The average Bonchev–Trinajstić information content (AvgIpc) is 2.97. The summed E-state index contributed by atoms with van der Waals surface area (Å²) in [6.07, 6.45) is 1.90. The van der Waals surface area contributed by atoms with E-state index >= 15 is 0 Å². The largest absolute Gasteiger partial charge is 0.361 e. The van der Waals surface area contributed by atoms with Crippen molar-refractivity contribution in [2.45, 2.75) is 32.7 Å². The number of nitrogens with one attached hydrogen (secondary N) is 2. The third-order valence-corrected chi connectivity index (χ3v) is 4.69. The number of rotatable bonds is 4. The van der Waals surface area contributed by atoms with Gasteiger partial charge in [-0.25, -0.2) is 0 Å². The number of aromatic amines is 1. The Morgan fingerprint density at radius 3 is 2.58 bits per heavy atom. The fourth-order valence-corrected chi connectivity index (χ4v) is 3.01. The van der Waals surface area contributed by atoms with Crippen molar-refractivity contribution in [3.8, 4) is 0 Å². The van der Waals surface area contributed by atoms with Crippen LogP contribution in [0, 0.1) is 6.92 Å². The highest BCUT2D eigenvalue weighted by Gasteiger charge is 2.32. The topological polar surface area (TPSA) is 44.9 Å². The lowest BCUT2D eigenvalue weighted by molar-refractivity contribution is -0.125. The zero-order valence-electron chi connectivity index (χ0n) is 14.1. The monoisotopic (exact) mass is 340 g/mol. The molecule has 0 fully saturated rings. The Morgan fingerprint density at radius 1 is 1.17 bits per heavy atom. The molecule has 0 aliphatic heterocycles. The zero-order chi connectivity index (χ0) is 17.3. The molecule has 0 unspecified atom stereocenters. The number of fused-ring (bicyclic) bond motifs is 1. The fraction of sp³-hybridized carbons (Fsp3) is 0.250. The number of carbonyl (C=O) groups is 1. The van der Waals surface area contributed by atoms with E-state index in [0.717, 1.165) is 22.0 Å². The van der Waals surface area contributed by atoms with Gasteiger partial charge in [0.05, 0.1) is 5.41 Å². The second-order valence-corrected chi connectivity index (χ2v) is 7.12. The number of amides is 1. The summed E-state index contributed by atoms with van der Waals surface area (Å²) in [5.41, 5.74) is 3.57. The minimum atomic E-state index is -0.659. The van der Waals surface area contributed by atoms with Crippen LogP contribution in [0.3, 0.4) is 0 Å². The van der Waals surface area contributed by atoms with Gasteiger partial charge >= 0.3 is 0 Å². The molecule has 3 nitrogen and oxygen atoms in total. The smallest absolute Gasteiger partial charge is 0.230 e. The Balaban J connectivity index is 1.81. The Hall–Kier alpha value is -2.26. The molecule has 2 aromatic carbocycles. The molecule has 1 aromatic heterocycles. The van der Waals surface area contributed by atoms with Crippen LogP contribution in [0.4, 0.5) is 0 Å². The molecule has 24 heavy (non-hydrogen) atoms. The standard InChI is InChI=1S/C20H21ClN2O/c1-13-4-6-14(7-5-13)11-23-19(24)20(2,3)17-12-22-18-9-8-15(21)10-16(17)18/h4-10,12,22H,11H2,1-3H3,(H,23,24). The number of H-pyrrole nitrogens is 1. The van der Waals surface area contributed by atoms with E-state index in [1.54, 1.807) is 0 Å². The van der Waals surface area contributed by atoms with Gasteiger partial charge < -0.3 is 10.3 Å². The second kappa shape index (κ2) is 6.33. The Labute approximate surface area is 147 Å². The van der Waals surface area contributed by atoms with Crippen molar-refractivity contribution in [2.75, 3.05) is 0 Å². The lowest BCUT2D eigenvalue weighted by atomic mass is 9.83. The number of hydrogen-bond acceptors (Lipinski definition) is 1. The highest BCUT2D eigenvalue weighted by atomic mass is 35.5. The summed E-state index contributed by atoms with van der Waals surface area (Å²) in [6, 6.07) is 13.8. The summed E-state index contributed by atoms with van der Waals surface area (Å²) in [4.78, 5) is 16.0. The van der Waals surface area contributed by atoms with E-state index in [9.17, 15) is 4.79 Å². The van der Waals surface area contributed by atoms with Crippen molar-refractivity contribution in [3.05, 3.63) is 70.4 Å². The number of carbonyl (C=O) groups excluding carboxylic acids is 1. The van der Waals surface area contributed by atoms with Gasteiger partial charge in [0.25, 0.3) is 0 Å². The molecule has 3 aromatic rings. The summed E-state index contributed by atoms with van der Waals surface area (Å²) < 4.78 is 0. The van der Waals surface area contributed by atoms with Crippen molar-refractivity contribution in [1.29, 1.82) is 0 Å². The van der Waals surface area contributed by atoms with E-state index < -0.39 is 5.41 Å². The molecule has 2 N–H and O–H groups in total. The number of aromatic nitrogens is 1. The quantitative estimate of drug-likeness (QED) is 0.709. The Morgan fingerprint density at radius 2 is 1.88 bits per heavy atom. The first kappa shape index (κ1) is 16.6. The van der Waals surface area contributed by atoms with E-state index in [-0.39, 0.29) is 5.91 Å². The van der Waals surface area contributed by atoms with Crippen molar-refractivity contribution in [3.63, 3.8) is 0 Å². The first-order valence-electron chi connectivity index (χ1n) is 7.99. The number of halogens is 1. The maximum absolute atomic E-state index is 12.8. The molecule has 4 heteroatoms. The van der Waals surface area contributed by atoms with Gasteiger partial charge in [0.2, 0.25) is 5.91 Å². The van der Waals surface area contributed by atoms with Crippen molar-refractivity contribution >= 4 is 28.4 Å². The molecule has 0 saturated heterocycles. The van der Waals surface area contributed by atoms with Gasteiger partial charge in [-0.15, -0.1) is 0 Å². The number of benzene rings is 2. The first-order valence-corrected chi connectivity index (χ1v) is 8.36. The van der Waals surface area contributed by atoms with Crippen LogP contribution >= 0.6 is 11.6 Å². The predicted octanol–water partition coefficient (Wildman–Crippen LogP) is 4.72. The summed E-state index contributed by atoms with van der Waals surface area (Å²) in [6.45, 7) is 6.43. The van der Waals surface area contributed by atoms with E-state index in [1.165, 1.54) is 5.56 Å². The van der Waals surface area contributed by atoms with Crippen LogP contribution in [-0.4, -0.2) is 10.9 Å². The zero-order valence-corrected chi connectivity index (χ0v) is 14.9. The van der Waals surface area contributed by atoms with E-state index in [0.29, 0.717) is 11.6 Å². The fourth-order valence-electron chi connectivity index (χ4n) is 2.84. The maximum Gasteiger partial charge on any atom is 0.230 e. The van der Waals surface area contributed by atoms with Crippen LogP contribution in [0.25, 0.3) is 10.9 Å². The van der Waals surface area contributed by atoms with E-state index in [2.05, 4.69) is 10.3 Å². The molecule has 1 amide bonds. The lowest BCUT2D eigenvalue weighted by Gasteiger charge is -2.23. The van der Waals surface area contributed by atoms with Gasteiger partial charge in [-0.3, -0.25) is 4.79 Å². The summed E-state index contributed by atoms with van der Waals surface area (Å²) >= 11 is 6.12. The van der Waals surface area contributed by atoms with Crippen molar-refractivity contribution in [1.82, 2.24) is 10.3 Å². The highest BCUT2D eigenvalue weighted by Crippen LogP contribution is 2.32. The maximum atomic E-state index is 12.8. The summed E-state index contributed by atoms with van der Waals surface area (Å²) in [7, 11) is 0. The van der Waals surface area contributed by atoms with Crippen LogP contribution in [0.15, 0.2) is 48.7 Å². The third kappa shape index (κ3) is 3.17. The van der Waals surface area contributed by atoms with E-state index in [4.69, 9.17) is 11.6 Å². The van der Waals surface area contributed by atoms with Gasteiger partial charge in [0, 0.05) is 28.7 Å². The molecule has 124 valence electrons. The summed E-state index contributed by atoms with van der Waals surface area (Å²) in [5, 5.41) is 4.69. The van der Waals surface area contributed by atoms with Gasteiger partial charge in [-0.1, -0.05) is 41.4 Å². The van der Waals surface area contributed by atoms with Crippen LogP contribution < -0.4 is 5.32 Å². The van der Waals surface area contributed by atoms with Gasteiger partial charge in [-0.05, 0) is 50.1 Å². The normalized spacial score (nSPS) is 11.7. The van der Waals surface area contributed by atoms with Gasteiger partial charge in [0.1, 0.15) is 0 Å². The average molecular weight is 341 g/mol. The minimum absolute atomic E-state index is 0.0102. The van der Waals surface area contributed by atoms with Crippen molar-refractivity contribution < 1.29 is 4.79 Å². The van der Waals surface area contributed by atoms with Gasteiger partial charge in [0.15, 0.2) is 0 Å². The first-order chi connectivity index (χ1) is 11.4. The molecular weight excluding hydrogens is 320 g/mol. The SMILES string of the molecule is Cc1ccc(CNC(=O)C(C)(C)c2c[nH]c3ccc(Cl)cc23)cc1. The molecule has 0 saturated carbocycles. The second-order valence-electron chi connectivity index (χ2n) is 6.69. The molecule has 0 aliphatic carbocycles. The molecule has 0 spiro atoms. The van der Waals surface area contributed by atoms with Crippen LogP contribution in [0.5, 0.6) is 0 Å². The molecule has 0 atom stereocenters. The van der Waals surface area contributed by atoms with Crippen LogP contribution in [-0.2, 0) is 16.8 Å². The molecule has 0 bridgehead atoms. The molecule has 3 rings (SSSR count). The lowest BCUT2D eigenvalue weighted by Crippen LogP contribution is -2.39.